The number of sulfonamides is 1. The fraction of sp³-hybridized carbons (Fsp3) is 0.412. The van der Waals surface area contributed by atoms with Gasteiger partial charge in [-0.05, 0) is 49.1 Å². The van der Waals surface area contributed by atoms with E-state index in [1.54, 1.807) is 16.8 Å². The van der Waals surface area contributed by atoms with Crippen LogP contribution in [0.5, 0.6) is 0 Å². The van der Waals surface area contributed by atoms with Gasteiger partial charge in [-0.2, -0.15) is 5.10 Å². The molecule has 0 saturated heterocycles. The SMILES string of the molecule is CC(=O)N[C@@H]1CCc2ccc(S(=O)(=O)NCCn3ccc(C)n3)cc21. The molecule has 1 aliphatic carbocycles. The lowest BCUT2D eigenvalue weighted by atomic mass is 10.1. The molecule has 25 heavy (non-hydrogen) atoms. The highest BCUT2D eigenvalue weighted by atomic mass is 32.2. The van der Waals surface area contributed by atoms with Gasteiger partial charge in [-0.1, -0.05) is 6.07 Å². The third kappa shape index (κ3) is 4.08. The molecule has 0 bridgehead atoms. The third-order valence-electron chi connectivity index (χ3n) is 4.29. The molecular formula is C17H22N4O3S. The van der Waals surface area contributed by atoms with Crippen molar-refractivity contribution in [2.45, 2.75) is 44.2 Å². The minimum absolute atomic E-state index is 0.112. The minimum atomic E-state index is -3.60. The molecule has 0 spiro atoms. The zero-order chi connectivity index (χ0) is 18.0. The van der Waals surface area contributed by atoms with Crippen LogP contribution in [0.1, 0.15) is 36.2 Å². The van der Waals surface area contributed by atoms with Crippen LogP contribution in [-0.4, -0.2) is 30.7 Å². The van der Waals surface area contributed by atoms with Crippen molar-refractivity contribution in [3.63, 3.8) is 0 Å². The Morgan fingerprint density at radius 1 is 1.36 bits per heavy atom. The van der Waals surface area contributed by atoms with Crippen molar-refractivity contribution >= 4 is 15.9 Å². The van der Waals surface area contributed by atoms with Crippen molar-refractivity contribution in [2.24, 2.45) is 0 Å². The fourth-order valence-corrected chi connectivity index (χ4v) is 4.16. The number of aromatic nitrogens is 2. The topological polar surface area (TPSA) is 93.1 Å². The van der Waals surface area contributed by atoms with Gasteiger partial charge in [0, 0.05) is 19.7 Å². The molecule has 0 saturated carbocycles. The van der Waals surface area contributed by atoms with Crippen LogP contribution in [0.25, 0.3) is 0 Å². The van der Waals surface area contributed by atoms with Gasteiger partial charge in [-0.15, -0.1) is 0 Å². The van der Waals surface area contributed by atoms with E-state index in [1.807, 2.05) is 25.3 Å². The van der Waals surface area contributed by atoms with Gasteiger partial charge in [0.2, 0.25) is 15.9 Å². The monoisotopic (exact) mass is 362 g/mol. The third-order valence-corrected chi connectivity index (χ3v) is 5.75. The number of fused-ring (bicyclic) bond motifs is 1. The zero-order valence-electron chi connectivity index (χ0n) is 14.3. The highest BCUT2D eigenvalue weighted by molar-refractivity contribution is 7.89. The summed E-state index contributed by atoms with van der Waals surface area (Å²) in [6.07, 6.45) is 3.45. The van der Waals surface area contributed by atoms with E-state index in [9.17, 15) is 13.2 Å². The van der Waals surface area contributed by atoms with Gasteiger partial charge in [0.15, 0.2) is 0 Å². The molecule has 2 aromatic rings. The zero-order valence-corrected chi connectivity index (χ0v) is 15.1. The van der Waals surface area contributed by atoms with Gasteiger partial charge in [0.05, 0.1) is 23.2 Å². The Hall–Kier alpha value is -2.19. The summed E-state index contributed by atoms with van der Waals surface area (Å²) in [7, 11) is -3.60. The smallest absolute Gasteiger partial charge is 0.240 e. The predicted molar refractivity (Wildman–Crippen MR) is 93.5 cm³/mol. The first kappa shape index (κ1) is 17.6. The summed E-state index contributed by atoms with van der Waals surface area (Å²) in [6.45, 7) is 4.08. The molecular weight excluding hydrogens is 340 g/mol. The average Bonchev–Trinajstić information content (AvgIpc) is 3.13. The Bertz CT molecular complexity index is 889. The van der Waals surface area contributed by atoms with Crippen LogP contribution in [0.15, 0.2) is 35.4 Å². The molecule has 134 valence electrons. The molecule has 1 atom stereocenters. The number of hydrogen-bond acceptors (Lipinski definition) is 4. The van der Waals surface area contributed by atoms with Crippen LogP contribution in [0.3, 0.4) is 0 Å². The molecule has 0 fully saturated rings. The summed E-state index contributed by atoms with van der Waals surface area (Å²) < 4.78 is 29.4. The van der Waals surface area contributed by atoms with Crippen molar-refractivity contribution in [1.82, 2.24) is 19.8 Å². The highest BCUT2D eigenvalue weighted by Crippen LogP contribution is 2.32. The number of carbonyl (C=O) groups is 1. The summed E-state index contributed by atoms with van der Waals surface area (Å²) in [5.41, 5.74) is 2.87. The van der Waals surface area contributed by atoms with E-state index in [1.165, 1.54) is 6.92 Å². The molecule has 1 amide bonds. The van der Waals surface area contributed by atoms with Gasteiger partial charge in [-0.25, -0.2) is 13.1 Å². The molecule has 0 aliphatic heterocycles. The normalized spacial score (nSPS) is 16.6. The Balaban J connectivity index is 1.71. The van der Waals surface area contributed by atoms with Gasteiger partial charge in [-0.3, -0.25) is 9.48 Å². The molecule has 2 N–H and O–H groups in total. The number of nitrogens with zero attached hydrogens (tertiary/aromatic N) is 2. The lowest BCUT2D eigenvalue weighted by molar-refractivity contribution is -0.119. The van der Waals surface area contributed by atoms with Crippen molar-refractivity contribution in [2.75, 3.05) is 6.54 Å². The van der Waals surface area contributed by atoms with Gasteiger partial charge >= 0.3 is 0 Å². The summed E-state index contributed by atoms with van der Waals surface area (Å²) in [6, 6.07) is 6.88. The maximum Gasteiger partial charge on any atom is 0.240 e. The van der Waals surface area contributed by atoms with E-state index in [0.717, 1.165) is 29.7 Å². The second kappa shape index (κ2) is 6.97. The molecule has 7 nitrogen and oxygen atoms in total. The quantitative estimate of drug-likeness (QED) is 0.810. The first-order valence-corrected chi connectivity index (χ1v) is 9.73. The van der Waals surface area contributed by atoms with Crippen LogP contribution in [-0.2, 0) is 27.8 Å². The molecule has 1 aromatic heterocycles. The molecule has 3 rings (SSSR count). The minimum Gasteiger partial charge on any atom is -0.350 e. The van der Waals surface area contributed by atoms with E-state index in [4.69, 9.17) is 0 Å². The Labute approximate surface area is 147 Å². The highest BCUT2D eigenvalue weighted by Gasteiger charge is 2.25. The molecule has 1 aliphatic rings. The van der Waals surface area contributed by atoms with Crippen LogP contribution >= 0.6 is 0 Å². The Morgan fingerprint density at radius 2 is 2.16 bits per heavy atom. The Morgan fingerprint density at radius 3 is 2.84 bits per heavy atom. The van der Waals surface area contributed by atoms with E-state index in [2.05, 4.69) is 15.1 Å². The van der Waals surface area contributed by atoms with Crippen molar-refractivity contribution in [3.05, 3.63) is 47.3 Å². The van der Waals surface area contributed by atoms with Crippen LogP contribution < -0.4 is 10.0 Å². The summed E-state index contributed by atoms with van der Waals surface area (Å²) in [4.78, 5) is 11.5. The summed E-state index contributed by atoms with van der Waals surface area (Å²) >= 11 is 0. The maximum absolute atomic E-state index is 12.5. The molecule has 0 radical (unpaired) electrons. The molecule has 1 heterocycles. The van der Waals surface area contributed by atoms with Gasteiger partial charge in [0.1, 0.15) is 0 Å². The summed E-state index contributed by atoms with van der Waals surface area (Å²) in [5.74, 6) is -0.112. The second-order valence-corrected chi connectivity index (χ2v) is 8.04. The van der Waals surface area contributed by atoms with E-state index in [-0.39, 0.29) is 23.4 Å². The lowest BCUT2D eigenvalue weighted by Gasteiger charge is -2.14. The number of rotatable bonds is 6. The largest absolute Gasteiger partial charge is 0.350 e. The fourth-order valence-electron chi connectivity index (χ4n) is 3.11. The molecule has 1 aromatic carbocycles. The number of amides is 1. The average molecular weight is 362 g/mol. The van der Waals surface area contributed by atoms with Gasteiger partial charge < -0.3 is 5.32 Å². The Kier molecular flexibility index (Phi) is 4.91. The maximum atomic E-state index is 12.5. The molecule has 8 heteroatoms. The van der Waals surface area contributed by atoms with Crippen molar-refractivity contribution in [1.29, 1.82) is 0 Å². The molecule has 0 unspecified atom stereocenters. The second-order valence-electron chi connectivity index (χ2n) is 6.27. The van der Waals surface area contributed by atoms with Crippen LogP contribution in [0.2, 0.25) is 0 Å². The first-order valence-electron chi connectivity index (χ1n) is 8.25. The van der Waals surface area contributed by atoms with E-state index < -0.39 is 10.0 Å². The number of aryl methyl sites for hydroxylation is 2. The summed E-state index contributed by atoms with van der Waals surface area (Å²) in [5, 5.41) is 7.11. The number of hydrogen-bond donors (Lipinski definition) is 2. The number of benzene rings is 1. The first-order chi connectivity index (χ1) is 11.8. The standard InChI is InChI=1S/C17H22N4O3S/c1-12-7-9-21(20-12)10-8-18-25(23,24)15-5-3-14-4-6-17(16(14)11-15)19-13(2)22/h3,5,7,9,11,17-18H,4,6,8,10H2,1-2H3,(H,19,22)/t17-/m1/s1. The van der Waals surface area contributed by atoms with E-state index in [0.29, 0.717) is 6.54 Å². The van der Waals surface area contributed by atoms with Crippen LogP contribution in [0, 0.1) is 6.92 Å². The lowest BCUT2D eigenvalue weighted by Crippen LogP contribution is -2.28. The van der Waals surface area contributed by atoms with Crippen molar-refractivity contribution < 1.29 is 13.2 Å². The number of carbonyl (C=O) groups excluding carboxylic acids is 1. The number of nitrogens with one attached hydrogen (secondary N) is 2. The van der Waals surface area contributed by atoms with Gasteiger partial charge in [0.25, 0.3) is 0 Å². The van der Waals surface area contributed by atoms with Crippen molar-refractivity contribution in [3.8, 4) is 0 Å². The van der Waals surface area contributed by atoms with E-state index >= 15 is 0 Å². The van der Waals surface area contributed by atoms with Crippen LogP contribution in [0.4, 0.5) is 0 Å². The predicted octanol–water partition coefficient (Wildman–Crippen LogP) is 1.29.